The van der Waals surface area contributed by atoms with Crippen LogP contribution in [0, 0.1) is 0 Å². The second-order valence-electron chi connectivity index (χ2n) is 5.61. The number of hydrogen-bond donors (Lipinski definition) is 0. The summed E-state index contributed by atoms with van der Waals surface area (Å²) in [6.45, 7) is 8.32. The molecule has 0 spiro atoms. The smallest absolute Gasteiger partial charge is 0.139 e. The van der Waals surface area contributed by atoms with E-state index < -0.39 is 0 Å². The van der Waals surface area contributed by atoms with Crippen LogP contribution in [0.5, 0.6) is 5.75 Å². The van der Waals surface area contributed by atoms with Crippen molar-refractivity contribution in [1.82, 2.24) is 4.98 Å². The van der Waals surface area contributed by atoms with Crippen molar-refractivity contribution in [3.63, 3.8) is 0 Å². The minimum atomic E-state index is -0.272. The summed E-state index contributed by atoms with van der Waals surface area (Å²) in [6, 6.07) is 1.92. The normalized spacial score (nSPS) is 25.8. The molecule has 0 aliphatic carbocycles. The quantitative estimate of drug-likeness (QED) is 0.836. The van der Waals surface area contributed by atoms with Crippen molar-refractivity contribution in [2.75, 3.05) is 0 Å². The summed E-state index contributed by atoms with van der Waals surface area (Å²) in [5.74, 6) is 0.777. The van der Waals surface area contributed by atoms with Crippen LogP contribution in [-0.4, -0.2) is 22.3 Å². The van der Waals surface area contributed by atoms with Crippen molar-refractivity contribution in [3.05, 3.63) is 22.9 Å². The third kappa shape index (κ3) is 2.99. The Morgan fingerprint density at radius 1 is 1.35 bits per heavy atom. The lowest BCUT2D eigenvalue weighted by Crippen LogP contribution is -2.36. The van der Waals surface area contributed by atoms with E-state index >= 15 is 0 Å². The van der Waals surface area contributed by atoms with Gasteiger partial charge in [-0.2, -0.15) is 0 Å². The summed E-state index contributed by atoms with van der Waals surface area (Å²) >= 11 is 3.39. The molecule has 94 valence electrons. The Hall–Kier alpha value is -0.610. The van der Waals surface area contributed by atoms with Crippen LogP contribution in [0.2, 0.25) is 0 Å². The van der Waals surface area contributed by atoms with Gasteiger partial charge < -0.3 is 9.47 Å². The molecule has 2 heterocycles. The van der Waals surface area contributed by atoms with E-state index in [1.54, 1.807) is 12.4 Å². The second kappa shape index (κ2) is 4.25. The van der Waals surface area contributed by atoms with Gasteiger partial charge >= 0.3 is 0 Å². The van der Waals surface area contributed by atoms with E-state index in [9.17, 15) is 0 Å². The van der Waals surface area contributed by atoms with Crippen molar-refractivity contribution in [2.24, 2.45) is 0 Å². The van der Waals surface area contributed by atoms with Crippen molar-refractivity contribution in [1.29, 1.82) is 0 Å². The van der Waals surface area contributed by atoms with Crippen molar-refractivity contribution >= 4 is 15.9 Å². The van der Waals surface area contributed by atoms with E-state index in [1.165, 1.54) is 0 Å². The average Bonchev–Trinajstić information content (AvgIpc) is 2.34. The monoisotopic (exact) mass is 299 g/mol. The van der Waals surface area contributed by atoms with E-state index in [0.717, 1.165) is 16.6 Å². The van der Waals surface area contributed by atoms with Crippen molar-refractivity contribution in [2.45, 2.75) is 51.4 Å². The predicted molar refractivity (Wildman–Crippen MR) is 70.2 cm³/mol. The number of ether oxygens (including phenoxy) is 2. The number of hydrogen-bond acceptors (Lipinski definition) is 3. The molecule has 0 radical (unpaired) electrons. The fourth-order valence-electron chi connectivity index (χ4n) is 2.32. The first kappa shape index (κ1) is 12.8. The van der Waals surface area contributed by atoms with Crippen LogP contribution in [0.4, 0.5) is 0 Å². The van der Waals surface area contributed by atoms with Gasteiger partial charge in [0, 0.05) is 17.1 Å². The zero-order valence-corrected chi connectivity index (χ0v) is 12.2. The molecule has 1 aliphatic heterocycles. The molecule has 0 bridgehead atoms. The maximum atomic E-state index is 5.99. The van der Waals surface area contributed by atoms with Gasteiger partial charge in [0.25, 0.3) is 0 Å². The summed E-state index contributed by atoms with van der Waals surface area (Å²) in [6.07, 6.45) is 4.40. The zero-order valence-electron chi connectivity index (χ0n) is 10.7. The van der Waals surface area contributed by atoms with Crippen molar-refractivity contribution < 1.29 is 9.47 Å². The topological polar surface area (TPSA) is 31.4 Å². The first-order chi connectivity index (χ1) is 7.78. The number of pyridine rings is 1. The lowest BCUT2D eigenvalue weighted by molar-refractivity contribution is -0.0846. The third-order valence-corrected chi connectivity index (χ3v) is 3.38. The number of aromatic nitrogens is 1. The maximum Gasteiger partial charge on any atom is 0.139 e. The van der Waals surface area contributed by atoms with Gasteiger partial charge in [-0.3, -0.25) is 4.98 Å². The molecule has 1 aromatic heterocycles. The molecule has 1 aromatic rings. The van der Waals surface area contributed by atoms with Crippen molar-refractivity contribution in [3.8, 4) is 5.75 Å². The molecule has 0 saturated carbocycles. The highest BCUT2D eigenvalue weighted by molar-refractivity contribution is 9.10. The summed E-state index contributed by atoms with van der Waals surface area (Å²) in [4.78, 5) is 4.10. The maximum absolute atomic E-state index is 5.99. The van der Waals surface area contributed by atoms with E-state index in [4.69, 9.17) is 9.47 Å². The molecule has 1 fully saturated rings. The first-order valence-electron chi connectivity index (χ1n) is 5.76. The highest BCUT2D eigenvalue weighted by Gasteiger charge is 2.47. The predicted octanol–water partition coefficient (Wildman–Crippen LogP) is 3.57. The van der Waals surface area contributed by atoms with Crippen LogP contribution < -0.4 is 4.74 Å². The average molecular weight is 300 g/mol. The largest absolute Gasteiger partial charge is 0.486 e. The Labute approximate surface area is 111 Å². The molecule has 17 heavy (non-hydrogen) atoms. The molecule has 3 nitrogen and oxygen atoms in total. The fraction of sp³-hybridized carbons (Fsp3) is 0.615. The summed E-state index contributed by atoms with van der Waals surface area (Å²) in [5, 5.41) is 0. The van der Waals surface area contributed by atoms with E-state index in [1.807, 2.05) is 6.07 Å². The van der Waals surface area contributed by atoms with Crippen LogP contribution >= 0.6 is 15.9 Å². The van der Waals surface area contributed by atoms with Gasteiger partial charge in [0.2, 0.25) is 0 Å². The highest BCUT2D eigenvalue weighted by Crippen LogP contribution is 2.39. The van der Waals surface area contributed by atoms with Gasteiger partial charge in [0.05, 0.1) is 11.8 Å². The number of rotatable bonds is 2. The van der Waals surface area contributed by atoms with Gasteiger partial charge in [-0.15, -0.1) is 0 Å². The second-order valence-corrected chi connectivity index (χ2v) is 6.53. The molecule has 1 aliphatic rings. The number of halogens is 1. The Kier molecular flexibility index (Phi) is 3.21. The SMILES string of the molecule is CC1(C)CC(Oc2cncc(Br)c2)C(C)(C)O1. The Morgan fingerprint density at radius 2 is 2.06 bits per heavy atom. The Balaban J connectivity index is 2.14. The van der Waals surface area contributed by atoms with E-state index in [-0.39, 0.29) is 17.3 Å². The first-order valence-corrected chi connectivity index (χ1v) is 6.55. The lowest BCUT2D eigenvalue weighted by Gasteiger charge is -2.27. The van der Waals surface area contributed by atoms with Gasteiger partial charge in [0.1, 0.15) is 17.5 Å². The molecular formula is C13H18BrNO2. The molecular weight excluding hydrogens is 282 g/mol. The van der Waals surface area contributed by atoms with E-state index in [0.29, 0.717) is 0 Å². The van der Waals surface area contributed by atoms with E-state index in [2.05, 4.69) is 48.6 Å². The van der Waals surface area contributed by atoms with Crippen LogP contribution in [0.25, 0.3) is 0 Å². The third-order valence-electron chi connectivity index (χ3n) is 2.95. The molecule has 0 aromatic carbocycles. The van der Waals surface area contributed by atoms with Gasteiger partial charge in [-0.1, -0.05) is 0 Å². The molecule has 4 heteroatoms. The lowest BCUT2D eigenvalue weighted by atomic mass is 9.97. The van der Waals surface area contributed by atoms with Crippen LogP contribution in [0.3, 0.4) is 0 Å². The number of nitrogens with zero attached hydrogens (tertiary/aromatic N) is 1. The fourth-order valence-corrected chi connectivity index (χ4v) is 2.66. The summed E-state index contributed by atoms with van der Waals surface area (Å²) in [7, 11) is 0. The van der Waals surface area contributed by atoms with Gasteiger partial charge in [-0.05, 0) is 49.7 Å². The van der Waals surface area contributed by atoms with Gasteiger partial charge in [0.15, 0.2) is 0 Å². The highest BCUT2D eigenvalue weighted by atomic mass is 79.9. The van der Waals surface area contributed by atoms with Gasteiger partial charge in [-0.25, -0.2) is 0 Å². The van der Waals surface area contributed by atoms with Crippen LogP contribution in [0.1, 0.15) is 34.1 Å². The Morgan fingerprint density at radius 3 is 2.59 bits per heavy atom. The molecule has 1 saturated heterocycles. The summed E-state index contributed by atoms with van der Waals surface area (Å²) in [5.41, 5.74) is -0.403. The standard InChI is InChI=1S/C13H18BrNO2/c1-12(2)6-11(13(3,4)17-12)16-10-5-9(14)7-15-8-10/h5,7-8,11H,6H2,1-4H3. The molecule has 0 amide bonds. The molecule has 1 unspecified atom stereocenters. The minimum absolute atomic E-state index is 0.0496. The van der Waals surface area contributed by atoms with Crippen LogP contribution in [0.15, 0.2) is 22.9 Å². The molecule has 2 rings (SSSR count). The molecule has 1 atom stereocenters. The summed E-state index contributed by atoms with van der Waals surface area (Å²) < 4.78 is 12.9. The zero-order chi connectivity index (χ0) is 12.7. The minimum Gasteiger partial charge on any atom is -0.486 e. The Bertz CT molecular complexity index is 418. The van der Waals surface area contributed by atoms with Crippen LogP contribution in [-0.2, 0) is 4.74 Å². The molecule has 0 N–H and O–H groups in total.